The van der Waals surface area contributed by atoms with Gasteiger partial charge in [-0.3, -0.25) is 0 Å². The number of halogens is 1. The second kappa shape index (κ2) is 6.42. The molecular formula is C17H20ClN5O. The Morgan fingerprint density at radius 2 is 2.21 bits per heavy atom. The minimum atomic E-state index is -1.08. The van der Waals surface area contributed by atoms with Crippen LogP contribution < -0.4 is 4.90 Å². The summed E-state index contributed by atoms with van der Waals surface area (Å²) in [4.78, 5) is 2.00. The Kier molecular flexibility index (Phi) is 4.48. The van der Waals surface area contributed by atoms with Gasteiger partial charge in [0, 0.05) is 17.6 Å². The quantitative estimate of drug-likeness (QED) is 0.925. The van der Waals surface area contributed by atoms with E-state index in [4.69, 9.17) is 11.6 Å². The molecule has 1 aromatic carbocycles. The third-order valence-electron chi connectivity index (χ3n) is 4.41. The van der Waals surface area contributed by atoms with E-state index in [1.807, 2.05) is 18.7 Å². The van der Waals surface area contributed by atoms with Gasteiger partial charge in [-0.1, -0.05) is 16.8 Å². The fourth-order valence-corrected chi connectivity index (χ4v) is 3.22. The normalized spacial score (nSPS) is 21.1. The van der Waals surface area contributed by atoms with Crippen molar-refractivity contribution in [3.8, 4) is 6.07 Å². The van der Waals surface area contributed by atoms with Crippen molar-refractivity contribution in [3.63, 3.8) is 0 Å². The van der Waals surface area contributed by atoms with E-state index < -0.39 is 5.60 Å². The van der Waals surface area contributed by atoms with Crippen molar-refractivity contribution in [1.29, 1.82) is 5.26 Å². The van der Waals surface area contributed by atoms with E-state index in [1.165, 1.54) is 0 Å². The molecule has 0 spiro atoms. The van der Waals surface area contributed by atoms with Crippen molar-refractivity contribution in [2.75, 3.05) is 18.0 Å². The van der Waals surface area contributed by atoms with Gasteiger partial charge in [0.25, 0.3) is 0 Å². The molecule has 0 bridgehead atoms. The Morgan fingerprint density at radius 3 is 2.88 bits per heavy atom. The van der Waals surface area contributed by atoms with Gasteiger partial charge < -0.3 is 10.0 Å². The highest BCUT2D eigenvalue weighted by Crippen LogP contribution is 2.35. The topological polar surface area (TPSA) is 78.0 Å². The molecule has 1 aromatic heterocycles. The Hall–Kier alpha value is -2.10. The lowest BCUT2D eigenvalue weighted by atomic mass is 9.89. The zero-order valence-corrected chi connectivity index (χ0v) is 14.5. The Labute approximate surface area is 146 Å². The van der Waals surface area contributed by atoms with Gasteiger partial charge in [-0.05, 0) is 44.9 Å². The van der Waals surface area contributed by atoms with Crippen LogP contribution in [0.2, 0.25) is 5.02 Å². The van der Waals surface area contributed by atoms with E-state index in [0.29, 0.717) is 29.2 Å². The summed E-state index contributed by atoms with van der Waals surface area (Å²) in [5.41, 5.74) is 0.788. The van der Waals surface area contributed by atoms with Crippen molar-refractivity contribution in [2.24, 2.45) is 0 Å². The first-order valence-electron chi connectivity index (χ1n) is 8.02. The van der Waals surface area contributed by atoms with E-state index in [0.717, 1.165) is 18.7 Å². The standard InChI is InChI=1S/C17H20ClN5O/c1-12(2)23-10-16(20-21-23)17(24)6-3-7-22(11-17)15-8-14(18)5-4-13(15)9-19/h4-5,8,10,12,24H,3,6-7,11H2,1-2H3/t17-/m1/s1. The Bertz CT molecular complexity index is 782. The highest BCUT2D eigenvalue weighted by atomic mass is 35.5. The van der Waals surface area contributed by atoms with Crippen LogP contribution in [0.1, 0.15) is 44.0 Å². The van der Waals surface area contributed by atoms with E-state index in [2.05, 4.69) is 16.4 Å². The smallest absolute Gasteiger partial charge is 0.127 e. The van der Waals surface area contributed by atoms with Crippen LogP contribution in [0.5, 0.6) is 0 Å². The van der Waals surface area contributed by atoms with Gasteiger partial charge in [-0.25, -0.2) is 4.68 Å². The molecule has 24 heavy (non-hydrogen) atoms. The summed E-state index contributed by atoms with van der Waals surface area (Å²) in [6, 6.07) is 7.57. The molecule has 0 aliphatic carbocycles. The van der Waals surface area contributed by atoms with Crippen molar-refractivity contribution in [1.82, 2.24) is 15.0 Å². The van der Waals surface area contributed by atoms with E-state index in [1.54, 1.807) is 29.1 Å². The number of aliphatic hydroxyl groups is 1. The molecule has 1 saturated heterocycles. The van der Waals surface area contributed by atoms with Gasteiger partial charge in [-0.2, -0.15) is 5.26 Å². The fourth-order valence-electron chi connectivity index (χ4n) is 3.05. The zero-order valence-electron chi connectivity index (χ0n) is 13.8. The molecule has 1 aliphatic rings. The number of benzene rings is 1. The van der Waals surface area contributed by atoms with Gasteiger partial charge in [0.05, 0.1) is 24.0 Å². The van der Waals surface area contributed by atoms with Gasteiger partial charge in [0.1, 0.15) is 17.4 Å². The minimum absolute atomic E-state index is 0.188. The van der Waals surface area contributed by atoms with Crippen molar-refractivity contribution in [2.45, 2.75) is 38.3 Å². The average Bonchev–Trinajstić information content (AvgIpc) is 3.06. The summed E-state index contributed by atoms with van der Waals surface area (Å²) < 4.78 is 1.74. The molecule has 1 N–H and O–H groups in total. The highest BCUT2D eigenvalue weighted by Gasteiger charge is 2.38. The average molecular weight is 346 g/mol. The van der Waals surface area contributed by atoms with Gasteiger partial charge in [-0.15, -0.1) is 5.10 Å². The lowest BCUT2D eigenvalue weighted by Gasteiger charge is -2.39. The molecule has 1 atom stereocenters. The number of anilines is 1. The van der Waals surface area contributed by atoms with E-state index in [9.17, 15) is 10.4 Å². The van der Waals surface area contributed by atoms with Crippen LogP contribution in [0.25, 0.3) is 0 Å². The molecule has 2 aromatic rings. The number of aromatic nitrogens is 3. The molecule has 6 nitrogen and oxygen atoms in total. The molecule has 0 amide bonds. The molecule has 0 unspecified atom stereocenters. The largest absolute Gasteiger partial charge is 0.382 e. The fraction of sp³-hybridized carbons (Fsp3) is 0.471. The summed E-state index contributed by atoms with van der Waals surface area (Å²) in [6.07, 6.45) is 3.21. The first kappa shape index (κ1) is 16.7. The third-order valence-corrected chi connectivity index (χ3v) is 4.64. The molecule has 0 radical (unpaired) electrons. The second-order valence-corrected chi connectivity index (χ2v) is 6.94. The molecule has 7 heteroatoms. The molecule has 3 rings (SSSR count). The number of rotatable bonds is 3. The first-order chi connectivity index (χ1) is 11.4. The lowest BCUT2D eigenvalue weighted by molar-refractivity contribution is 0.0176. The van der Waals surface area contributed by atoms with Crippen LogP contribution in [0.3, 0.4) is 0 Å². The maximum atomic E-state index is 11.1. The zero-order chi connectivity index (χ0) is 17.3. The lowest BCUT2D eigenvalue weighted by Crippen LogP contribution is -2.46. The van der Waals surface area contributed by atoms with E-state index >= 15 is 0 Å². The van der Waals surface area contributed by atoms with Crippen LogP contribution in [0.4, 0.5) is 5.69 Å². The summed E-state index contributed by atoms with van der Waals surface area (Å²) >= 11 is 6.10. The number of hydrogen-bond acceptors (Lipinski definition) is 5. The van der Waals surface area contributed by atoms with E-state index in [-0.39, 0.29) is 6.04 Å². The number of nitriles is 1. The summed E-state index contributed by atoms with van der Waals surface area (Å²) in [6.45, 7) is 5.15. The van der Waals surface area contributed by atoms with Gasteiger partial charge >= 0.3 is 0 Å². The van der Waals surface area contributed by atoms with Crippen LogP contribution in [-0.4, -0.2) is 33.2 Å². The van der Waals surface area contributed by atoms with Crippen LogP contribution >= 0.6 is 11.6 Å². The maximum Gasteiger partial charge on any atom is 0.127 e. The summed E-state index contributed by atoms with van der Waals surface area (Å²) in [5.74, 6) is 0. The number of hydrogen-bond donors (Lipinski definition) is 1. The Balaban J connectivity index is 1.91. The van der Waals surface area contributed by atoms with Crippen LogP contribution in [0.15, 0.2) is 24.4 Å². The van der Waals surface area contributed by atoms with Gasteiger partial charge in [0.2, 0.25) is 0 Å². The predicted molar refractivity (Wildman–Crippen MR) is 91.9 cm³/mol. The predicted octanol–water partition coefficient (Wildman–Crippen LogP) is 2.87. The first-order valence-corrected chi connectivity index (χ1v) is 8.40. The molecule has 0 saturated carbocycles. The maximum absolute atomic E-state index is 11.1. The Morgan fingerprint density at radius 1 is 1.42 bits per heavy atom. The minimum Gasteiger partial charge on any atom is -0.382 e. The molecule has 2 heterocycles. The van der Waals surface area contributed by atoms with Crippen molar-refractivity contribution >= 4 is 17.3 Å². The molecule has 1 aliphatic heterocycles. The summed E-state index contributed by atoms with van der Waals surface area (Å²) in [7, 11) is 0. The molecule has 1 fully saturated rings. The number of β-amino-alcohol motifs (C(OH)–C–C–N with tert-alkyl or cyclic N) is 1. The van der Waals surface area contributed by atoms with Gasteiger partial charge in [0.15, 0.2) is 0 Å². The monoisotopic (exact) mass is 345 g/mol. The third kappa shape index (κ3) is 3.10. The number of piperidine rings is 1. The van der Waals surface area contributed by atoms with Crippen LogP contribution in [-0.2, 0) is 5.60 Å². The molecular weight excluding hydrogens is 326 g/mol. The SMILES string of the molecule is CC(C)n1cc([C@@]2(O)CCCN(c3cc(Cl)ccc3C#N)C2)nn1. The number of nitrogens with zero attached hydrogens (tertiary/aromatic N) is 5. The van der Waals surface area contributed by atoms with Crippen LogP contribution in [0, 0.1) is 11.3 Å². The van der Waals surface area contributed by atoms with Crippen molar-refractivity contribution < 1.29 is 5.11 Å². The summed E-state index contributed by atoms with van der Waals surface area (Å²) in [5, 5.41) is 29.3. The molecule has 126 valence electrons. The highest BCUT2D eigenvalue weighted by molar-refractivity contribution is 6.30. The van der Waals surface area contributed by atoms with Crippen molar-refractivity contribution in [3.05, 3.63) is 40.7 Å². The second-order valence-electron chi connectivity index (χ2n) is 6.51.